The van der Waals surface area contributed by atoms with Gasteiger partial charge >= 0.3 is 5.97 Å². The van der Waals surface area contributed by atoms with E-state index >= 15 is 0 Å². The molecule has 3 aromatic heterocycles. The normalized spacial score (nSPS) is 12.0. The molecule has 0 aliphatic rings. The van der Waals surface area contributed by atoms with Crippen molar-refractivity contribution in [1.29, 1.82) is 0 Å². The predicted octanol–water partition coefficient (Wildman–Crippen LogP) is 4.63. The maximum Gasteiger partial charge on any atom is 0.343 e. The van der Waals surface area contributed by atoms with Gasteiger partial charge in [-0.2, -0.15) is 10.2 Å². The number of aromatic nitrogens is 5. The van der Waals surface area contributed by atoms with Gasteiger partial charge in [0.1, 0.15) is 11.6 Å². The molecule has 1 amide bonds. The molecule has 10 heteroatoms. The summed E-state index contributed by atoms with van der Waals surface area (Å²) in [6.45, 7) is 7.60. The quantitative estimate of drug-likeness (QED) is 0.387. The zero-order chi connectivity index (χ0) is 24.4. The fourth-order valence-electron chi connectivity index (χ4n) is 3.86. The number of hydrogen-bond acceptors (Lipinski definition) is 6. The molecular weight excluding hydrogens is 456 g/mol. The van der Waals surface area contributed by atoms with E-state index in [1.54, 1.807) is 28.4 Å². The van der Waals surface area contributed by atoms with Crippen LogP contribution in [-0.4, -0.2) is 42.9 Å². The Morgan fingerprint density at radius 3 is 2.68 bits per heavy atom. The molecule has 0 saturated heterocycles. The first-order valence-electron chi connectivity index (χ1n) is 11.0. The van der Waals surface area contributed by atoms with Crippen LogP contribution in [0.1, 0.15) is 48.1 Å². The minimum absolute atomic E-state index is 0.189. The van der Waals surface area contributed by atoms with Crippen molar-refractivity contribution in [1.82, 2.24) is 24.4 Å². The highest BCUT2D eigenvalue weighted by Crippen LogP contribution is 2.27. The first-order valence-corrected chi connectivity index (χ1v) is 11.4. The summed E-state index contributed by atoms with van der Waals surface area (Å²) in [5.41, 5.74) is 4.28. The van der Waals surface area contributed by atoms with Crippen LogP contribution in [0.25, 0.3) is 16.9 Å². The average molecular weight is 481 g/mol. The van der Waals surface area contributed by atoms with Gasteiger partial charge in [0, 0.05) is 17.4 Å². The smallest absolute Gasteiger partial charge is 0.343 e. The van der Waals surface area contributed by atoms with Crippen LogP contribution < -0.4 is 5.32 Å². The monoisotopic (exact) mass is 480 g/mol. The van der Waals surface area contributed by atoms with E-state index in [-0.39, 0.29) is 12.5 Å². The number of esters is 1. The standard InChI is InChI=1S/C24H25ClN6O3/c1-5-19(30-15(4)21(25)14(3)29-30)23(32)28-17-9-7-8-16(12-17)20-10-11-26-22-18(13-27-31(20)22)24(33)34-6-2/h7-13,19H,5-6H2,1-4H3,(H,28,32). The van der Waals surface area contributed by atoms with E-state index < -0.39 is 12.0 Å². The summed E-state index contributed by atoms with van der Waals surface area (Å²) < 4.78 is 8.35. The summed E-state index contributed by atoms with van der Waals surface area (Å²) in [5, 5.41) is 12.3. The Hall–Kier alpha value is -3.72. The number of carbonyl (C=O) groups is 2. The Morgan fingerprint density at radius 1 is 1.21 bits per heavy atom. The van der Waals surface area contributed by atoms with E-state index in [1.165, 1.54) is 6.20 Å². The molecule has 0 bridgehead atoms. The van der Waals surface area contributed by atoms with Crippen LogP contribution in [0.5, 0.6) is 0 Å². The minimum atomic E-state index is -0.499. The van der Waals surface area contributed by atoms with Gasteiger partial charge in [-0.05, 0) is 45.4 Å². The van der Waals surface area contributed by atoms with Gasteiger partial charge in [-0.25, -0.2) is 14.3 Å². The molecule has 1 N–H and O–H groups in total. The molecule has 4 rings (SSSR count). The van der Waals surface area contributed by atoms with Gasteiger partial charge < -0.3 is 10.1 Å². The summed E-state index contributed by atoms with van der Waals surface area (Å²) in [6.07, 6.45) is 3.61. The van der Waals surface area contributed by atoms with Gasteiger partial charge in [0.25, 0.3) is 0 Å². The zero-order valence-corrected chi connectivity index (χ0v) is 20.1. The van der Waals surface area contributed by atoms with Crippen LogP contribution in [0.3, 0.4) is 0 Å². The molecule has 176 valence electrons. The Balaban J connectivity index is 1.64. The van der Waals surface area contributed by atoms with Gasteiger partial charge in [0.05, 0.1) is 34.9 Å². The number of amides is 1. The van der Waals surface area contributed by atoms with E-state index in [9.17, 15) is 9.59 Å². The number of aryl methyl sites for hydroxylation is 1. The van der Waals surface area contributed by atoms with Gasteiger partial charge in [0.15, 0.2) is 5.65 Å². The molecule has 1 atom stereocenters. The number of anilines is 1. The number of halogens is 1. The highest BCUT2D eigenvalue weighted by molar-refractivity contribution is 6.31. The molecule has 0 aliphatic heterocycles. The molecule has 3 heterocycles. The molecule has 4 aromatic rings. The second kappa shape index (κ2) is 9.64. The Labute approximate surface area is 201 Å². The van der Waals surface area contributed by atoms with Gasteiger partial charge in [-0.3, -0.25) is 9.48 Å². The maximum atomic E-state index is 13.1. The molecular formula is C24H25ClN6O3. The van der Waals surface area contributed by atoms with Crippen molar-refractivity contribution in [3.8, 4) is 11.3 Å². The fraction of sp³-hybridized carbons (Fsp3) is 0.292. The van der Waals surface area contributed by atoms with Crippen LogP contribution in [0.15, 0.2) is 42.7 Å². The minimum Gasteiger partial charge on any atom is -0.462 e. The van der Waals surface area contributed by atoms with Crippen LogP contribution in [0.4, 0.5) is 5.69 Å². The largest absolute Gasteiger partial charge is 0.462 e. The van der Waals surface area contributed by atoms with Crippen LogP contribution in [0.2, 0.25) is 5.02 Å². The van der Waals surface area contributed by atoms with Gasteiger partial charge in [0.2, 0.25) is 5.91 Å². The lowest BCUT2D eigenvalue weighted by Crippen LogP contribution is -2.27. The van der Waals surface area contributed by atoms with Crippen LogP contribution in [0, 0.1) is 13.8 Å². The zero-order valence-electron chi connectivity index (χ0n) is 19.4. The van der Waals surface area contributed by atoms with E-state index in [0.717, 1.165) is 11.3 Å². The first-order chi connectivity index (χ1) is 16.3. The van der Waals surface area contributed by atoms with Crippen molar-refractivity contribution >= 4 is 34.8 Å². The summed E-state index contributed by atoms with van der Waals surface area (Å²) in [5.74, 6) is -0.663. The SMILES string of the molecule is CCOC(=O)c1cnn2c(-c3cccc(NC(=O)C(CC)n4nc(C)c(Cl)c4C)c3)ccnc12. The van der Waals surface area contributed by atoms with Crippen LogP contribution in [-0.2, 0) is 9.53 Å². The Bertz CT molecular complexity index is 1380. The number of carbonyl (C=O) groups excluding carboxylic acids is 2. The summed E-state index contributed by atoms with van der Waals surface area (Å²) >= 11 is 6.28. The summed E-state index contributed by atoms with van der Waals surface area (Å²) in [7, 11) is 0. The molecule has 1 aromatic carbocycles. The number of rotatable bonds is 7. The second-order valence-corrected chi connectivity index (χ2v) is 8.15. The molecule has 0 spiro atoms. The Kier molecular flexibility index (Phi) is 6.65. The number of nitrogens with zero attached hydrogens (tertiary/aromatic N) is 5. The van der Waals surface area contributed by atoms with Crippen molar-refractivity contribution in [3.05, 3.63) is 64.7 Å². The van der Waals surface area contributed by atoms with Crippen molar-refractivity contribution in [3.63, 3.8) is 0 Å². The first kappa shape index (κ1) is 23.4. The number of benzene rings is 1. The van der Waals surface area contributed by atoms with E-state index in [2.05, 4.69) is 20.5 Å². The third-order valence-corrected chi connectivity index (χ3v) is 6.09. The third kappa shape index (κ3) is 4.26. The average Bonchev–Trinajstić information content (AvgIpc) is 3.37. The lowest BCUT2D eigenvalue weighted by molar-refractivity contribution is -0.119. The van der Waals surface area contributed by atoms with Crippen molar-refractivity contribution < 1.29 is 14.3 Å². The molecule has 9 nitrogen and oxygen atoms in total. The summed E-state index contributed by atoms with van der Waals surface area (Å²) in [6, 6.07) is 8.69. The number of fused-ring (bicyclic) bond motifs is 1. The highest BCUT2D eigenvalue weighted by atomic mass is 35.5. The van der Waals surface area contributed by atoms with Crippen molar-refractivity contribution in [2.75, 3.05) is 11.9 Å². The van der Waals surface area contributed by atoms with Crippen LogP contribution >= 0.6 is 11.6 Å². The third-order valence-electron chi connectivity index (χ3n) is 5.54. The highest BCUT2D eigenvalue weighted by Gasteiger charge is 2.24. The van der Waals surface area contributed by atoms with Crippen molar-refractivity contribution in [2.45, 2.75) is 40.2 Å². The van der Waals surface area contributed by atoms with E-state index in [1.807, 2.05) is 45.0 Å². The van der Waals surface area contributed by atoms with Gasteiger partial charge in [-0.1, -0.05) is 30.7 Å². The fourth-order valence-corrected chi connectivity index (χ4v) is 3.98. The Morgan fingerprint density at radius 2 is 2.00 bits per heavy atom. The molecule has 0 radical (unpaired) electrons. The van der Waals surface area contributed by atoms with E-state index in [0.29, 0.717) is 39.7 Å². The van der Waals surface area contributed by atoms with Crippen molar-refractivity contribution in [2.24, 2.45) is 0 Å². The lowest BCUT2D eigenvalue weighted by atomic mass is 10.1. The summed E-state index contributed by atoms with van der Waals surface area (Å²) in [4.78, 5) is 29.6. The lowest BCUT2D eigenvalue weighted by Gasteiger charge is -2.17. The van der Waals surface area contributed by atoms with Gasteiger partial charge in [-0.15, -0.1) is 0 Å². The second-order valence-electron chi connectivity index (χ2n) is 7.77. The molecule has 0 saturated carbocycles. The number of hydrogen-bond donors (Lipinski definition) is 1. The maximum absolute atomic E-state index is 13.1. The predicted molar refractivity (Wildman–Crippen MR) is 129 cm³/mol. The molecule has 34 heavy (non-hydrogen) atoms. The number of ether oxygens (including phenoxy) is 1. The molecule has 0 aliphatic carbocycles. The molecule has 0 fully saturated rings. The molecule has 1 unspecified atom stereocenters. The van der Waals surface area contributed by atoms with E-state index in [4.69, 9.17) is 16.3 Å². The topological polar surface area (TPSA) is 103 Å². The number of nitrogens with one attached hydrogen (secondary N) is 1.